The van der Waals surface area contributed by atoms with Crippen LogP contribution in [-0.2, 0) is 9.59 Å². The van der Waals surface area contributed by atoms with Gasteiger partial charge in [-0.3, -0.25) is 14.4 Å². The second-order valence-corrected chi connectivity index (χ2v) is 7.13. The summed E-state index contributed by atoms with van der Waals surface area (Å²) in [6, 6.07) is 13.3. The van der Waals surface area contributed by atoms with Crippen LogP contribution in [-0.4, -0.2) is 37.4 Å². The summed E-state index contributed by atoms with van der Waals surface area (Å²) in [5.74, 6) is 0.150. The number of amides is 3. The molecule has 0 saturated heterocycles. The number of hydrogen-bond donors (Lipinski definition) is 3. The monoisotopic (exact) mass is 415 g/mol. The Bertz CT molecular complexity index is 882. The Labute approximate surface area is 173 Å². The lowest BCUT2D eigenvalue weighted by atomic mass is 10.2. The minimum atomic E-state index is -0.325. The van der Waals surface area contributed by atoms with Crippen molar-refractivity contribution in [2.45, 2.75) is 12.8 Å². The summed E-state index contributed by atoms with van der Waals surface area (Å²) in [4.78, 5) is 35.6. The SMILES string of the molecule is O=C(COc1cccc(Cl)c1)Nc1ccc(C(=O)NCCNC(=O)C2CC2)cc1. The van der Waals surface area contributed by atoms with E-state index in [0.29, 0.717) is 35.1 Å². The lowest BCUT2D eigenvalue weighted by Gasteiger charge is -2.09. The number of halogens is 1. The van der Waals surface area contributed by atoms with Gasteiger partial charge in [-0.15, -0.1) is 0 Å². The third kappa shape index (κ3) is 6.80. The zero-order valence-corrected chi connectivity index (χ0v) is 16.5. The Kier molecular flexibility index (Phi) is 7.08. The first-order valence-electron chi connectivity index (χ1n) is 9.35. The first-order valence-corrected chi connectivity index (χ1v) is 9.73. The maximum Gasteiger partial charge on any atom is 0.262 e. The van der Waals surface area contributed by atoms with Crippen molar-refractivity contribution >= 4 is 35.0 Å². The molecule has 0 heterocycles. The fourth-order valence-corrected chi connectivity index (χ4v) is 2.74. The third-order valence-electron chi connectivity index (χ3n) is 4.25. The van der Waals surface area contributed by atoms with Crippen molar-refractivity contribution in [3.63, 3.8) is 0 Å². The van der Waals surface area contributed by atoms with Gasteiger partial charge >= 0.3 is 0 Å². The molecule has 1 saturated carbocycles. The highest BCUT2D eigenvalue weighted by Gasteiger charge is 2.28. The Balaban J connectivity index is 1.38. The van der Waals surface area contributed by atoms with E-state index in [1.807, 2.05) is 0 Å². The van der Waals surface area contributed by atoms with Crippen LogP contribution in [0.15, 0.2) is 48.5 Å². The summed E-state index contributed by atoms with van der Waals surface area (Å²) in [6.45, 7) is 0.605. The van der Waals surface area contributed by atoms with Crippen LogP contribution in [0.4, 0.5) is 5.69 Å². The molecule has 3 N–H and O–H groups in total. The summed E-state index contributed by atoms with van der Waals surface area (Å²) in [5.41, 5.74) is 1.02. The predicted octanol–water partition coefficient (Wildman–Crippen LogP) is 2.61. The van der Waals surface area contributed by atoms with E-state index in [9.17, 15) is 14.4 Å². The molecule has 7 nitrogen and oxygen atoms in total. The molecule has 1 fully saturated rings. The maximum absolute atomic E-state index is 12.1. The minimum absolute atomic E-state index is 0.0543. The van der Waals surface area contributed by atoms with E-state index in [2.05, 4.69) is 16.0 Å². The number of hydrogen-bond acceptors (Lipinski definition) is 4. The highest BCUT2D eigenvalue weighted by molar-refractivity contribution is 6.30. The zero-order chi connectivity index (χ0) is 20.6. The van der Waals surface area contributed by atoms with Crippen LogP contribution in [0.25, 0.3) is 0 Å². The second-order valence-electron chi connectivity index (χ2n) is 6.69. The average molecular weight is 416 g/mol. The first kappa shape index (κ1) is 20.7. The number of carbonyl (C=O) groups is 3. The molecule has 2 aromatic carbocycles. The molecular formula is C21H22ClN3O4. The predicted molar refractivity (Wildman–Crippen MR) is 110 cm³/mol. The Morgan fingerprint density at radius 1 is 1.00 bits per heavy atom. The van der Waals surface area contributed by atoms with Gasteiger partial charge in [0.05, 0.1) is 0 Å². The molecule has 2 aromatic rings. The Morgan fingerprint density at radius 3 is 2.41 bits per heavy atom. The fraction of sp³-hybridized carbons (Fsp3) is 0.286. The standard InChI is InChI=1S/C21H22ClN3O4/c22-16-2-1-3-18(12-16)29-13-19(26)25-17-8-6-15(7-9-17)21(28)24-11-10-23-20(27)14-4-5-14/h1-3,6-9,12,14H,4-5,10-11,13H2,(H,23,27)(H,24,28)(H,25,26). The number of nitrogens with one attached hydrogen (secondary N) is 3. The smallest absolute Gasteiger partial charge is 0.262 e. The molecular weight excluding hydrogens is 394 g/mol. The van der Waals surface area contributed by atoms with Crippen molar-refractivity contribution in [2.24, 2.45) is 5.92 Å². The molecule has 152 valence electrons. The lowest BCUT2D eigenvalue weighted by Crippen LogP contribution is -2.35. The molecule has 1 aliphatic carbocycles. The van der Waals surface area contributed by atoms with Crippen LogP contribution in [0.2, 0.25) is 5.02 Å². The molecule has 0 aliphatic heterocycles. The van der Waals surface area contributed by atoms with E-state index in [0.717, 1.165) is 12.8 Å². The van der Waals surface area contributed by atoms with Gasteiger partial charge in [0.15, 0.2) is 6.61 Å². The van der Waals surface area contributed by atoms with Gasteiger partial charge in [-0.1, -0.05) is 17.7 Å². The van der Waals surface area contributed by atoms with Gasteiger partial charge in [0, 0.05) is 35.3 Å². The topological polar surface area (TPSA) is 96.5 Å². The van der Waals surface area contributed by atoms with Crippen molar-refractivity contribution in [1.82, 2.24) is 10.6 Å². The van der Waals surface area contributed by atoms with Gasteiger partial charge in [0.25, 0.3) is 11.8 Å². The van der Waals surface area contributed by atoms with Crippen molar-refractivity contribution < 1.29 is 19.1 Å². The lowest BCUT2D eigenvalue weighted by molar-refractivity contribution is -0.122. The van der Waals surface area contributed by atoms with Crippen molar-refractivity contribution in [2.75, 3.05) is 25.0 Å². The van der Waals surface area contributed by atoms with E-state index >= 15 is 0 Å². The molecule has 0 atom stereocenters. The summed E-state index contributed by atoms with van der Waals surface area (Å²) < 4.78 is 5.38. The summed E-state index contributed by atoms with van der Waals surface area (Å²) in [7, 11) is 0. The fourth-order valence-electron chi connectivity index (χ4n) is 2.56. The van der Waals surface area contributed by atoms with E-state index in [1.54, 1.807) is 48.5 Å². The zero-order valence-electron chi connectivity index (χ0n) is 15.7. The number of anilines is 1. The van der Waals surface area contributed by atoms with Crippen LogP contribution < -0.4 is 20.7 Å². The molecule has 0 unspecified atom stereocenters. The molecule has 29 heavy (non-hydrogen) atoms. The number of rotatable bonds is 9. The van der Waals surface area contributed by atoms with Gasteiger partial charge in [-0.2, -0.15) is 0 Å². The van der Waals surface area contributed by atoms with Crippen LogP contribution in [0.1, 0.15) is 23.2 Å². The van der Waals surface area contributed by atoms with Gasteiger partial charge < -0.3 is 20.7 Å². The molecule has 0 bridgehead atoms. The number of benzene rings is 2. The summed E-state index contributed by atoms with van der Waals surface area (Å²) in [6.07, 6.45) is 1.90. The highest BCUT2D eigenvalue weighted by atomic mass is 35.5. The van der Waals surface area contributed by atoms with Gasteiger partial charge in [0.2, 0.25) is 5.91 Å². The molecule has 1 aliphatic rings. The van der Waals surface area contributed by atoms with Crippen molar-refractivity contribution in [1.29, 1.82) is 0 Å². The Hall–Kier alpha value is -3.06. The minimum Gasteiger partial charge on any atom is -0.484 e. The van der Waals surface area contributed by atoms with Gasteiger partial charge in [0.1, 0.15) is 5.75 Å². The number of ether oxygens (including phenoxy) is 1. The average Bonchev–Trinajstić information content (AvgIpc) is 3.55. The second kappa shape index (κ2) is 9.93. The van der Waals surface area contributed by atoms with Crippen molar-refractivity contribution in [3.8, 4) is 5.75 Å². The van der Waals surface area contributed by atoms with E-state index in [4.69, 9.17) is 16.3 Å². The summed E-state index contributed by atoms with van der Waals surface area (Å²) in [5, 5.41) is 8.76. The quantitative estimate of drug-likeness (QED) is 0.548. The van der Waals surface area contributed by atoms with Gasteiger partial charge in [-0.05, 0) is 55.3 Å². The van der Waals surface area contributed by atoms with Crippen LogP contribution >= 0.6 is 11.6 Å². The summed E-state index contributed by atoms with van der Waals surface area (Å²) >= 11 is 5.87. The third-order valence-corrected chi connectivity index (χ3v) is 4.49. The van der Waals surface area contributed by atoms with Crippen LogP contribution in [0.3, 0.4) is 0 Å². The molecule has 0 spiro atoms. The van der Waals surface area contributed by atoms with E-state index in [-0.39, 0.29) is 30.2 Å². The molecule has 0 radical (unpaired) electrons. The van der Waals surface area contributed by atoms with Crippen LogP contribution in [0.5, 0.6) is 5.75 Å². The number of carbonyl (C=O) groups excluding carboxylic acids is 3. The maximum atomic E-state index is 12.1. The molecule has 3 rings (SSSR count). The first-order chi connectivity index (χ1) is 14.0. The highest BCUT2D eigenvalue weighted by Crippen LogP contribution is 2.28. The molecule has 0 aromatic heterocycles. The normalized spacial score (nSPS) is 12.7. The largest absolute Gasteiger partial charge is 0.484 e. The van der Waals surface area contributed by atoms with Crippen molar-refractivity contribution in [3.05, 3.63) is 59.1 Å². The van der Waals surface area contributed by atoms with E-state index in [1.165, 1.54) is 0 Å². The van der Waals surface area contributed by atoms with E-state index < -0.39 is 0 Å². The van der Waals surface area contributed by atoms with Crippen LogP contribution in [0, 0.1) is 5.92 Å². The van der Waals surface area contributed by atoms with Gasteiger partial charge in [-0.25, -0.2) is 0 Å². The molecule has 3 amide bonds. The molecule has 8 heteroatoms. The Morgan fingerprint density at radius 2 is 1.72 bits per heavy atom.